The molecule has 0 atom stereocenters. The third kappa shape index (κ3) is 2.89. The Morgan fingerprint density at radius 1 is 1.29 bits per heavy atom. The van der Waals surface area contributed by atoms with Crippen molar-refractivity contribution in [3.8, 4) is 0 Å². The highest BCUT2D eigenvalue weighted by Crippen LogP contribution is 2.35. The van der Waals surface area contributed by atoms with Gasteiger partial charge in [-0.25, -0.2) is 13.9 Å². The van der Waals surface area contributed by atoms with Gasteiger partial charge >= 0.3 is 0 Å². The van der Waals surface area contributed by atoms with Crippen molar-refractivity contribution in [2.24, 2.45) is 0 Å². The SMILES string of the molecule is Cc1cn2nc(NCC3(c4ccc(F)cc4)CCOCC3)sc2n1. The van der Waals surface area contributed by atoms with Gasteiger partial charge in [0.25, 0.3) is 0 Å². The van der Waals surface area contributed by atoms with E-state index >= 15 is 0 Å². The van der Waals surface area contributed by atoms with E-state index in [0.29, 0.717) is 0 Å². The van der Waals surface area contributed by atoms with Crippen LogP contribution in [0.1, 0.15) is 24.1 Å². The molecule has 7 heteroatoms. The maximum atomic E-state index is 13.3. The van der Waals surface area contributed by atoms with E-state index in [1.165, 1.54) is 12.1 Å². The summed E-state index contributed by atoms with van der Waals surface area (Å²) in [5.74, 6) is -0.203. The van der Waals surface area contributed by atoms with Gasteiger partial charge in [-0.15, -0.1) is 5.10 Å². The van der Waals surface area contributed by atoms with Crippen LogP contribution in [0, 0.1) is 12.7 Å². The Morgan fingerprint density at radius 3 is 2.75 bits per heavy atom. The topological polar surface area (TPSA) is 51.5 Å². The van der Waals surface area contributed by atoms with E-state index < -0.39 is 0 Å². The summed E-state index contributed by atoms with van der Waals surface area (Å²) in [5.41, 5.74) is 2.06. The Bertz CT molecular complexity index is 805. The van der Waals surface area contributed by atoms with E-state index in [9.17, 15) is 4.39 Å². The van der Waals surface area contributed by atoms with Crippen molar-refractivity contribution in [1.82, 2.24) is 14.6 Å². The summed E-state index contributed by atoms with van der Waals surface area (Å²) in [6, 6.07) is 6.85. The lowest BCUT2D eigenvalue weighted by Crippen LogP contribution is -2.40. The molecule has 126 valence electrons. The van der Waals surface area contributed by atoms with Crippen LogP contribution in [-0.4, -0.2) is 34.4 Å². The van der Waals surface area contributed by atoms with Gasteiger partial charge in [0.1, 0.15) is 5.82 Å². The number of hydrogen-bond donors (Lipinski definition) is 1. The van der Waals surface area contributed by atoms with Gasteiger partial charge in [0.15, 0.2) is 0 Å². The molecule has 5 nitrogen and oxygen atoms in total. The number of rotatable bonds is 4. The zero-order valence-corrected chi connectivity index (χ0v) is 14.3. The van der Waals surface area contributed by atoms with Gasteiger partial charge in [-0.1, -0.05) is 23.5 Å². The van der Waals surface area contributed by atoms with E-state index in [1.54, 1.807) is 15.9 Å². The lowest BCUT2D eigenvalue weighted by atomic mass is 9.74. The van der Waals surface area contributed by atoms with Crippen LogP contribution in [0.5, 0.6) is 0 Å². The monoisotopic (exact) mass is 346 g/mol. The Labute approximate surface area is 143 Å². The minimum absolute atomic E-state index is 0.0599. The van der Waals surface area contributed by atoms with Crippen molar-refractivity contribution in [2.75, 3.05) is 25.1 Å². The Kier molecular flexibility index (Phi) is 3.97. The molecule has 0 spiro atoms. The number of benzene rings is 1. The van der Waals surface area contributed by atoms with E-state index in [2.05, 4.69) is 15.4 Å². The highest BCUT2D eigenvalue weighted by molar-refractivity contribution is 7.20. The molecule has 24 heavy (non-hydrogen) atoms. The molecular formula is C17H19FN4OS. The van der Waals surface area contributed by atoms with Crippen molar-refractivity contribution in [1.29, 1.82) is 0 Å². The number of aryl methyl sites for hydroxylation is 1. The first-order chi connectivity index (χ1) is 11.6. The van der Waals surface area contributed by atoms with E-state index in [1.807, 2.05) is 25.3 Å². The first kappa shape index (κ1) is 15.5. The van der Waals surface area contributed by atoms with Crippen molar-refractivity contribution in [3.05, 3.63) is 47.5 Å². The molecule has 1 saturated heterocycles. The molecule has 1 aliphatic heterocycles. The first-order valence-electron chi connectivity index (χ1n) is 8.05. The van der Waals surface area contributed by atoms with Gasteiger partial charge in [-0.2, -0.15) is 0 Å². The summed E-state index contributed by atoms with van der Waals surface area (Å²) in [5, 5.41) is 8.84. The van der Waals surface area contributed by atoms with Crippen LogP contribution in [0.3, 0.4) is 0 Å². The molecule has 0 bridgehead atoms. The highest BCUT2D eigenvalue weighted by atomic mass is 32.1. The number of imidazole rings is 1. The fourth-order valence-corrected chi connectivity index (χ4v) is 4.08. The van der Waals surface area contributed by atoms with Crippen LogP contribution in [0.15, 0.2) is 30.5 Å². The molecule has 2 aromatic heterocycles. The number of halogens is 1. The van der Waals surface area contributed by atoms with Gasteiger partial charge < -0.3 is 10.1 Å². The van der Waals surface area contributed by atoms with Crippen molar-refractivity contribution < 1.29 is 9.13 Å². The average molecular weight is 346 g/mol. The third-order valence-electron chi connectivity index (χ3n) is 4.65. The van der Waals surface area contributed by atoms with Crippen molar-refractivity contribution in [2.45, 2.75) is 25.2 Å². The molecular weight excluding hydrogens is 327 g/mol. The fraction of sp³-hybridized carbons (Fsp3) is 0.412. The summed E-state index contributed by atoms with van der Waals surface area (Å²) in [4.78, 5) is 5.32. The van der Waals surface area contributed by atoms with E-state index in [0.717, 1.165) is 53.9 Å². The number of nitrogens with one attached hydrogen (secondary N) is 1. The van der Waals surface area contributed by atoms with Gasteiger partial charge in [-0.05, 0) is 37.5 Å². The second-order valence-electron chi connectivity index (χ2n) is 6.27. The molecule has 0 amide bonds. The first-order valence-corrected chi connectivity index (χ1v) is 8.87. The summed E-state index contributed by atoms with van der Waals surface area (Å²) in [6.07, 6.45) is 3.74. The maximum absolute atomic E-state index is 13.3. The minimum atomic E-state index is -0.203. The Hall–Kier alpha value is -1.99. The van der Waals surface area contributed by atoms with Gasteiger partial charge in [0.05, 0.1) is 11.9 Å². The van der Waals surface area contributed by atoms with Crippen LogP contribution < -0.4 is 5.32 Å². The Morgan fingerprint density at radius 2 is 2.04 bits per heavy atom. The molecule has 0 saturated carbocycles. The molecule has 1 aromatic carbocycles. The predicted octanol–water partition coefficient (Wildman–Crippen LogP) is 3.40. The molecule has 3 heterocycles. The minimum Gasteiger partial charge on any atom is -0.381 e. The largest absolute Gasteiger partial charge is 0.381 e. The normalized spacial score (nSPS) is 17.2. The van der Waals surface area contributed by atoms with Crippen LogP contribution in [0.4, 0.5) is 9.52 Å². The highest BCUT2D eigenvalue weighted by Gasteiger charge is 2.34. The molecule has 1 N–H and O–H groups in total. The summed E-state index contributed by atoms with van der Waals surface area (Å²) in [6.45, 7) is 4.15. The standard InChI is InChI=1S/C17H19FN4OS/c1-12-10-22-16(20-12)24-15(21-22)19-11-17(6-8-23-9-7-17)13-2-4-14(18)5-3-13/h2-5,10H,6-9,11H2,1H3,(H,19,21). The summed E-state index contributed by atoms with van der Waals surface area (Å²) >= 11 is 1.54. The second-order valence-corrected chi connectivity index (χ2v) is 7.23. The molecule has 0 aliphatic carbocycles. The van der Waals surface area contributed by atoms with Gasteiger partial charge in [0, 0.05) is 25.2 Å². The van der Waals surface area contributed by atoms with Crippen molar-refractivity contribution in [3.63, 3.8) is 0 Å². The number of aromatic nitrogens is 3. The molecule has 0 unspecified atom stereocenters. The number of ether oxygens (including phenoxy) is 1. The number of nitrogens with zero attached hydrogens (tertiary/aromatic N) is 3. The zero-order valence-electron chi connectivity index (χ0n) is 13.5. The number of anilines is 1. The van der Waals surface area contributed by atoms with Crippen molar-refractivity contribution >= 4 is 21.4 Å². The molecule has 3 aromatic rings. The lowest BCUT2D eigenvalue weighted by molar-refractivity contribution is 0.0543. The maximum Gasteiger partial charge on any atom is 0.214 e. The summed E-state index contributed by atoms with van der Waals surface area (Å²) in [7, 11) is 0. The van der Waals surface area contributed by atoms with E-state index in [4.69, 9.17) is 4.74 Å². The lowest BCUT2D eigenvalue weighted by Gasteiger charge is -2.37. The van der Waals surface area contributed by atoms with E-state index in [-0.39, 0.29) is 11.2 Å². The number of fused-ring (bicyclic) bond motifs is 1. The smallest absolute Gasteiger partial charge is 0.214 e. The summed E-state index contributed by atoms with van der Waals surface area (Å²) < 4.78 is 20.6. The second kappa shape index (κ2) is 6.14. The van der Waals surface area contributed by atoms with Crippen LogP contribution in [0.25, 0.3) is 4.96 Å². The molecule has 1 aliphatic rings. The molecule has 0 radical (unpaired) electrons. The fourth-order valence-electron chi connectivity index (χ4n) is 3.26. The van der Waals surface area contributed by atoms with Crippen LogP contribution in [-0.2, 0) is 10.2 Å². The zero-order chi connectivity index (χ0) is 16.6. The van der Waals surface area contributed by atoms with Crippen LogP contribution >= 0.6 is 11.3 Å². The van der Waals surface area contributed by atoms with Gasteiger partial charge in [0.2, 0.25) is 10.1 Å². The predicted molar refractivity (Wildman–Crippen MR) is 92.2 cm³/mol. The average Bonchev–Trinajstić information content (AvgIpc) is 3.11. The Balaban J connectivity index is 1.57. The third-order valence-corrected chi connectivity index (χ3v) is 5.53. The molecule has 4 rings (SSSR count). The number of hydrogen-bond acceptors (Lipinski definition) is 5. The molecule has 1 fully saturated rings. The quantitative estimate of drug-likeness (QED) is 0.787. The van der Waals surface area contributed by atoms with Gasteiger partial charge in [-0.3, -0.25) is 0 Å². The van der Waals surface area contributed by atoms with Crippen LogP contribution in [0.2, 0.25) is 0 Å².